The molecule has 1 amide bonds. The minimum absolute atomic E-state index is 0.00678. The van der Waals surface area contributed by atoms with Crippen LogP contribution >= 0.6 is 0 Å². The lowest BCUT2D eigenvalue weighted by Gasteiger charge is -2.16. The van der Waals surface area contributed by atoms with Gasteiger partial charge in [0.2, 0.25) is 0 Å². The maximum atomic E-state index is 12.5. The lowest BCUT2D eigenvalue weighted by atomic mass is 10.1. The number of nitrogens with zero attached hydrogens (tertiary/aromatic N) is 4. The van der Waals surface area contributed by atoms with Crippen LogP contribution in [0.4, 0.5) is 0 Å². The number of H-pyrrole nitrogens is 1. The van der Waals surface area contributed by atoms with Crippen molar-refractivity contribution in [1.82, 2.24) is 25.1 Å². The molecule has 1 atom stereocenters. The summed E-state index contributed by atoms with van der Waals surface area (Å²) >= 11 is 0. The molecule has 1 aliphatic heterocycles. The second kappa shape index (κ2) is 5.63. The third kappa shape index (κ3) is 2.79. The Kier molecular flexibility index (Phi) is 3.68. The first-order valence-corrected chi connectivity index (χ1v) is 7.25. The Morgan fingerprint density at radius 2 is 2.14 bits per heavy atom. The average Bonchev–Trinajstić information content (AvgIpc) is 3.17. The zero-order valence-electron chi connectivity index (χ0n) is 12.3. The Balaban J connectivity index is 1.68. The predicted molar refractivity (Wildman–Crippen MR) is 78.0 cm³/mol. The van der Waals surface area contributed by atoms with Gasteiger partial charge in [0.25, 0.3) is 5.91 Å². The molecule has 3 rings (SSSR count). The molecular formula is C15H19N5O. The number of aromatic amines is 1. The summed E-state index contributed by atoms with van der Waals surface area (Å²) < 4.78 is 0. The first-order chi connectivity index (χ1) is 10.1. The Morgan fingerprint density at radius 3 is 2.76 bits per heavy atom. The van der Waals surface area contributed by atoms with Gasteiger partial charge in [0, 0.05) is 49.2 Å². The largest absolute Gasteiger partial charge is 0.338 e. The topological polar surface area (TPSA) is 74.8 Å². The van der Waals surface area contributed by atoms with Crippen molar-refractivity contribution in [3.05, 3.63) is 41.7 Å². The average molecular weight is 285 g/mol. The maximum absolute atomic E-state index is 12.5. The van der Waals surface area contributed by atoms with Crippen LogP contribution in [0.5, 0.6) is 0 Å². The summed E-state index contributed by atoms with van der Waals surface area (Å²) in [6.45, 7) is 5.54. The van der Waals surface area contributed by atoms with E-state index in [1.807, 2.05) is 24.8 Å². The van der Waals surface area contributed by atoms with E-state index in [1.165, 1.54) is 0 Å². The van der Waals surface area contributed by atoms with Crippen molar-refractivity contribution in [3.8, 4) is 0 Å². The summed E-state index contributed by atoms with van der Waals surface area (Å²) in [5.41, 5.74) is 1.65. The van der Waals surface area contributed by atoms with Gasteiger partial charge in [-0.25, -0.2) is 9.97 Å². The molecule has 0 aliphatic carbocycles. The van der Waals surface area contributed by atoms with Crippen LogP contribution in [0.2, 0.25) is 0 Å². The first-order valence-electron chi connectivity index (χ1n) is 7.25. The third-order valence-electron chi connectivity index (χ3n) is 3.87. The van der Waals surface area contributed by atoms with E-state index in [0.29, 0.717) is 18.0 Å². The summed E-state index contributed by atoms with van der Waals surface area (Å²) in [7, 11) is 0. The van der Waals surface area contributed by atoms with Crippen molar-refractivity contribution >= 4 is 5.91 Å². The standard InChI is InChI=1S/C15H19N5O/c1-10(2)14-16-7-12(8-17-14)15(21)20-6-4-11(9-20)13-3-5-18-19-13/h3,5,7-8,10-11H,4,6,9H2,1-2H3,(H,18,19)/t11-/m1/s1. The van der Waals surface area contributed by atoms with Gasteiger partial charge in [-0.15, -0.1) is 0 Å². The molecule has 3 heterocycles. The molecule has 0 spiro atoms. The van der Waals surface area contributed by atoms with Gasteiger partial charge in [-0.1, -0.05) is 13.8 Å². The highest BCUT2D eigenvalue weighted by atomic mass is 16.2. The summed E-state index contributed by atoms with van der Waals surface area (Å²) in [6, 6.07) is 1.97. The van der Waals surface area contributed by atoms with E-state index in [0.717, 1.165) is 24.5 Å². The van der Waals surface area contributed by atoms with Gasteiger partial charge < -0.3 is 4.90 Å². The molecule has 0 unspecified atom stereocenters. The molecule has 1 fully saturated rings. The number of nitrogens with one attached hydrogen (secondary N) is 1. The van der Waals surface area contributed by atoms with E-state index >= 15 is 0 Å². The first kappa shape index (κ1) is 13.7. The molecule has 0 saturated carbocycles. The van der Waals surface area contributed by atoms with Gasteiger partial charge in [-0.05, 0) is 12.5 Å². The monoisotopic (exact) mass is 285 g/mol. The van der Waals surface area contributed by atoms with Crippen LogP contribution in [-0.2, 0) is 0 Å². The molecule has 1 N–H and O–H groups in total. The molecule has 0 aromatic carbocycles. The zero-order valence-corrected chi connectivity index (χ0v) is 12.3. The van der Waals surface area contributed by atoms with Crippen LogP contribution < -0.4 is 0 Å². The number of carbonyl (C=O) groups excluding carboxylic acids is 1. The second-order valence-corrected chi connectivity index (χ2v) is 5.73. The minimum atomic E-state index is 0.00678. The second-order valence-electron chi connectivity index (χ2n) is 5.73. The fourth-order valence-corrected chi connectivity index (χ4v) is 2.62. The van der Waals surface area contributed by atoms with E-state index in [-0.39, 0.29) is 11.8 Å². The van der Waals surface area contributed by atoms with Crippen molar-refractivity contribution < 1.29 is 4.79 Å². The Hall–Kier alpha value is -2.24. The number of likely N-dealkylation sites (tertiary alicyclic amines) is 1. The number of hydrogen-bond acceptors (Lipinski definition) is 4. The summed E-state index contributed by atoms with van der Waals surface area (Å²) in [4.78, 5) is 22.9. The Bertz CT molecular complexity index is 606. The quantitative estimate of drug-likeness (QED) is 0.935. The molecular weight excluding hydrogens is 266 g/mol. The van der Waals surface area contributed by atoms with Gasteiger partial charge in [0.15, 0.2) is 0 Å². The molecule has 1 saturated heterocycles. The predicted octanol–water partition coefficient (Wildman–Crippen LogP) is 1.95. The van der Waals surface area contributed by atoms with E-state index in [2.05, 4.69) is 20.2 Å². The van der Waals surface area contributed by atoms with Crippen LogP contribution in [0, 0.1) is 0 Å². The van der Waals surface area contributed by atoms with Crippen molar-refractivity contribution in [3.63, 3.8) is 0 Å². The fourth-order valence-electron chi connectivity index (χ4n) is 2.62. The Morgan fingerprint density at radius 1 is 1.38 bits per heavy atom. The fraction of sp³-hybridized carbons (Fsp3) is 0.467. The lowest BCUT2D eigenvalue weighted by Crippen LogP contribution is -2.28. The minimum Gasteiger partial charge on any atom is -0.338 e. The van der Waals surface area contributed by atoms with Crippen LogP contribution in [0.3, 0.4) is 0 Å². The molecule has 0 bridgehead atoms. The van der Waals surface area contributed by atoms with Gasteiger partial charge in [0.1, 0.15) is 5.82 Å². The van der Waals surface area contributed by atoms with Crippen LogP contribution in [0.15, 0.2) is 24.7 Å². The number of aromatic nitrogens is 4. The smallest absolute Gasteiger partial charge is 0.257 e. The van der Waals surface area contributed by atoms with Gasteiger partial charge >= 0.3 is 0 Å². The molecule has 0 radical (unpaired) electrons. The molecule has 21 heavy (non-hydrogen) atoms. The van der Waals surface area contributed by atoms with Crippen molar-refractivity contribution in [2.24, 2.45) is 0 Å². The van der Waals surface area contributed by atoms with E-state index in [4.69, 9.17) is 0 Å². The third-order valence-corrected chi connectivity index (χ3v) is 3.87. The van der Waals surface area contributed by atoms with Gasteiger partial charge in [0.05, 0.1) is 5.56 Å². The molecule has 110 valence electrons. The molecule has 6 nitrogen and oxygen atoms in total. The number of hydrogen-bond donors (Lipinski definition) is 1. The van der Waals surface area contributed by atoms with Crippen LogP contribution in [0.25, 0.3) is 0 Å². The van der Waals surface area contributed by atoms with Crippen molar-refractivity contribution in [1.29, 1.82) is 0 Å². The number of amides is 1. The van der Waals surface area contributed by atoms with Gasteiger partial charge in [-0.2, -0.15) is 5.10 Å². The van der Waals surface area contributed by atoms with E-state index in [9.17, 15) is 4.79 Å². The molecule has 1 aliphatic rings. The lowest BCUT2D eigenvalue weighted by molar-refractivity contribution is 0.0789. The van der Waals surface area contributed by atoms with Crippen LogP contribution in [-0.4, -0.2) is 44.1 Å². The molecule has 2 aromatic heterocycles. The molecule has 2 aromatic rings. The Labute approximate surface area is 123 Å². The highest BCUT2D eigenvalue weighted by Gasteiger charge is 2.29. The normalized spacial score (nSPS) is 18.4. The van der Waals surface area contributed by atoms with E-state index in [1.54, 1.807) is 18.6 Å². The summed E-state index contributed by atoms with van der Waals surface area (Å²) in [6.07, 6.45) is 5.97. The van der Waals surface area contributed by atoms with Crippen molar-refractivity contribution in [2.75, 3.05) is 13.1 Å². The zero-order chi connectivity index (χ0) is 14.8. The summed E-state index contributed by atoms with van der Waals surface area (Å²) in [5, 5.41) is 6.96. The van der Waals surface area contributed by atoms with Gasteiger partial charge in [-0.3, -0.25) is 9.89 Å². The highest BCUT2D eigenvalue weighted by molar-refractivity contribution is 5.93. The maximum Gasteiger partial charge on any atom is 0.257 e. The number of carbonyl (C=O) groups is 1. The summed E-state index contributed by atoms with van der Waals surface area (Å²) in [5.74, 6) is 1.38. The highest BCUT2D eigenvalue weighted by Crippen LogP contribution is 2.26. The van der Waals surface area contributed by atoms with Crippen LogP contribution in [0.1, 0.15) is 54.0 Å². The molecule has 6 heteroatoms. The van der Waals surface area contributed by atoms with E-state index < -0.39 is 0 Å². The SMILES string of the molecule is CC(C)c1ncc(C(=O)N2CC[C@@H](c3ccn[nH]3)C2)cn1. The van der Waals surface area contributed by atoms with Crippen molar-refractivity contribution in [2.45, 2.75) is 32.1 Å². The number of rotatable bonds is 3.